The van der Waals surface area contributed by atoms with Crippen molar-refractivity contribution in [3.63, 3.8) is 0 Å². The minimum atomic E-state index is -0.235. The van der Waals surface area contributed by atoms with Crippen molar-refractivity contribution >= 4 is 16.9 Å². The zero-order valence-corrected chi connectivity index (χ0v) is 13.2. The van der Waals surface area contributed by atoms with Crippen molar-refractivity contribution in [2.75, 3.05) is 6.61 Å². The molecule has 1 heterocycles. The van der Waals surface area contributed by atoms with E-state index < -0.39 is 0 Å². The molecule has 0 saturated heterocycles. The largest absolute Gasteiger partial charge is 0.491 e. The number of rotatable bonds is 5. The SMILES string of the molecule is Cc1ccc(OC[C@@H](C)NC(=O)c2cc3ccccc3o2)cc1. The molecule has 2 aromatic carbocycles. The van der Waals surface area contributed by atoms with Crippen LogP contribution in [0.5, 0.6) is 5.75 Å². The van der Waals surface area contributed by atoms with Gasteiger partial charge in [-0.3, -0.25) is 4.79 Å². The highest BCUT2D eigenvalue weighted by atomic mass is 16.5. The number of furan rings is 1. The van der Waals surface area contributed by atoms with Gasteiger partial charge in [-0.05, 0) is 38.1 Å². The summed E-state index contributed by atoms with van der Waals surface area (Å²) in [7, 11) is 0. The fraction of sp³-hybridized carbons (Fsp3) is 0.211. The quantitative estimate of drug-likeness (QED) is 0.776. The summed E-state index contributed by atoms with van der Waals surface area (Å²) >= 11 is 0. The number of aryl methyl sites for hydroxylation is 1. The second-order valence-corrected chi connectivity index (χ2v) is 5.65. The van der Waals surface area contributed by atoms with Crippen LogP contribution < -0.4 is 10.1 Å². The molecule has 0 spiro atoms. The first-order valence-electron chi connectivity index (χ1n) is 7.61. The van der Waals surface area contributed by atoms with E-state index in [9.17, 15) is 4.79 Å². The van der Waals surface area contributed by atoms with Gasteiger partial charge in [-0.15, -0.1) is 0 Å². The minimum Gasteiger partial charge on any atom is -0.491 e. The molecule has 1 aromatic heterocycles. The Hall–Kier alpha value is -2.75. The fourth-order valence-corrected chi connectivity index (χ4v) is 2.29. The molecule has 0 fully saturated rings. The van der Waals surface area contributed by atoms with Crippen LogP contribution in [0.25, 0.3) is 11.0 Å². The molecular formula is C19H19NO3. The van der Waals surface area contributed by atoms with E-state index in [1.54, 1.807) is 6.07 Å². The number of benzene rings is 2. The summed E-state index contributed by atoms with van der Waals surface area (Å²) in [6.45, 7) is 4.32. The van der Waals surface area contributed by atoms with Gasteiger partial charge in [0, 0.05) is 5.39 Å². The average Bonchev–Trinajstić information content (AvgIpc) is 2.98. The summed E-state index contributed by atoms with van der Waals surface area (Å²) in [6, 6.07) is 17.0. The van der Waals surface area contributed by atoms with E-state index in [0.717, 1.165) is 11.1 Å². The van der Waals surface area contributed by atoms with Crippen LogP contribution in [0.4, 0.5) is 0 Å². The number of carbonyl (C=O) groups is 1. The van der Waals surface area contributed by atoms with Gasteiger partial charge in [0.15, 0.2) is 5.76 Å². The standard InChI is InChI=1S/C19H19NO3/c1-13-7-9-16(10-8-13)22-12-14(2)20-19(21)18-11-15-5-3-4-6-17(15)23-18/h3-11,14H,12H2,1-2H3,(H,20,21)/t14-/m1/s1. The van der Waals surface area contributed by atoms with Crippen molar-refractivity contribution in [2.45, 2.75) is 19.9 Å². The van der Waals surface area contributed by atoms with Gasteiger partial charge in [0.25, 0.3) is 5.91 Å². The number of ether oxygens (including phenoxy) is 1. The third-order valence-electron chi connectivity index (χ3n) is 3.55. The molecule has 4 nitrogen and oxygen atoms in total. The van der Waals surface area contributed by atoms with E-state index in [4.69, 9.17) is 9.15 Å². The van der Waals surface area contributed by atoms with Gasteiger partial charge in [-0.25, -0.2) is 0 Å². The van der Waals surface area contributed by atoms with Crippen LogP contribution in [0.1, 0.15) is 23.0 Å². The highest BCUT2D eigenvalue weighted by Gasteiger charge is 2.14. The Morgan fingerprint density at radius 2 is 1.91 bits per heavy atom. The Kier molecular flexibility index (Phi) is 4.33. The Bertz CT molecular complexity index is 772. The molecule has 0 radical (unpaired) electrons. The Balaban J connectivity index is 1.57. The van der Waals surface area contributed by atoms with Crippen LogP contribution >= 0.6 is 0 Å². The molecule has 0 aliphatic rings. The number of hydrogen-bond donors (Lipinski definition) is 1. The van der Waals surface area contributed by atoms with Crippen LogP contribution in [0.3, 0.4) is 0 Å². The molecule has 4 heteroatoms. The molecule has 0 aliphatic heterocycles. The Morgan fingerprint density at radius 1 is 1.17 bits per heavy atom. The molecule has 3 rings (SSSR count). The maximum atomic E-state index is 12.2. The van der Waals surface area contributed by atoms with Gasteiger partial charge in [-0.2, -0.15) is 0 Å². The lowest BCUT2D eigenvalue weighted by Gasteiger charge is -2.14. The first kappa shape index (κ1) is 15.2. The number of para-hydroxylation sites is 1. The zero-order valence-electron chi connectivity index (χ0n) is 13.2. The predicted molar refractivity (Wildman–Crippen MR) is 89.8 cm³/mol. The highest BCUT2D eigenvalue weighted by molar-refractivity contribution is 5.96. The molecule has 0 bridgehead atoms. The molecule has 118 valence electrons. The lowest BCUT2D eigenvalue weighted by Crippen LogP contribution is -2.36. The number of fused-ring (bicyclic) bond motifs is 1. The molecule has 0 unspecified atom stereocenters. The molecule has 3 aromatic rings. The van der Waals surface area contributed by atoms with Gasteiger partial charge >= 0.3 is 0 Å². The van der Waals surface area contributed by atoms with E-state index in [1.807, 2.05) is 62.4 Å². The fourth-order valence-electron chi connectivity index (χ4n) is 2.29. The van der Waals surface area contributed by atoms with Gasteiger partial charge in [0.2, 0.25) is 0 Å². The van der Waals surface area contributed by atoms with Crippen LogP contribution in [-0.4, -0.2) is 18.6 Å². The van der Waals surface area contributed by atoms with Gasteiger partial charge < -0.3 is 14.5 Å². The Morgan fingerprint density at radius 3 is 2.65 bits per heavy atom. The van der Waals surface area contributed by atoms with E-state index >= 15 is 0 Å². The molecule has 0 saturated carbocycles. The molecule has 1 atom stereocenters. The smallest absolute Gasteiger partial charge is 0.287 e. The monoisotopic (exact) mass is 309 g/mol. The van der Waals surface area contributed by atoms with Crippen molar-refractivity contribution in [3.05, 3.63) is 65.9 Å². The van der Waals surface area contributed by atoms with Gasteiger partial charge in [0.1, 0.15) is 17.9 Å². The first-order chi connectivity index (χ1) is 11.1. The normalized spacial score (nSPS) is 12.1. The van der Waals surface area contributed by atoms with E-state index in [-0.39, 0.29) is 11.9 Å². The van der Waals surface area contributed by atoms with Crippen molar-refractivity contribution in [2.24, 2.45) is 0 Å². The van der Waals surface area contributed by atoms with Gasteiger partial charge in [0.05, 0.1) is 6.04 Å². The van der Waals surface area contributed by atoms with Crippen LogP contribution in [0.2, 0.25) is 0 Å². The summed E-state index contributed by atoms with van der Waals surface area (Å²) in [5.74, 6) is 0.870. The summed E-state index contributed by atoms with van der Waals surface area (Å²) in [5, 5.41) is 3.80. The Labute approximate surface area is 135 Å². The lowest BCUT2D eigenvalue weighted by atomic mass is 10.2. The van der Waals surface area contributed by atoms with E-state index in [1.165, 1.54) is 5.56 Å². The maximum absolute atomic E-state index is 12.2. The van der Waals surface area contributed by atoms with Crippen molar-refractivity contribution in [1.82, 2.24) is 5.32 Å². The summed E-state index contributed by atoms with van der Waals surface area (Å²) in [6.07, 6.45) is 0. The van der Waals surface area contributed by atoms with Crippen LogP contribution in [0, 0.1) is 6.92 Å². The first-order valence-corrected chi connectivity index (χ1v) is 7.61. The number of hydrogen-bond acceptors (Lipinski definition) is 3. The highest BCUT2D eigenvalue weighted by Crippen LogP contribution is 2.18. The van der Waals surface area contributed by atoms with Crippen molar-refractivity contribution < 1.29 is 13.9 Å². The molecule has 0 aliphatic carbocycles. The van der Waals surface area contributed by atoms with E-state index in [0.29, 0.717) is 18.0 Å². The second-order valence-electron chi connectivity index (χ2n) is 5.65. The molecule has 1 N–H and O–H groups in total. The third-order valence-corrected chi connectivity index (χ3v) is 3.55. The van der Waals surface area contributed by atoms with Gasteiger partial charge in [-0.1, -0.05) is 35.9 Å². The number of amides is 1. The summed E-state index contributed by atoms with van der Waals surface area (Å²) < 4.78 is 11.2. The van der Waals surface area contributed by atoms with Crippen molar-refractivity contribution in [1.29, 1.82) is 0 Å². The third kappa shape index (κ3) is 3.72. The van der Waals surface area contributed by atoms with E-state index in [2.05, 4.69) is 5.32 Å². The topological polar surface area (TPSA) is 51.5 Å². The zero-order chi connectivity index (χ0) is 16.2. The summed E-state index contributed by atoms with van der Waals surface area (Å²) in [4.78, 5) is 12.2. The second kappa shape index (κ2) is 6.57. The molecule has 1 amide bonds. The average molecular weight is 309 g/mol. The maximum Gasteiger partial charge on any atom is 0.287 e. The van der Waals surface area contributed by atoms with Crippen molar-refractivity contribution in [3.8, 4) is 5.75 Å². The predicted octanol–water partition coefficient (Wildman–Crippen LogP) is 3.94. The minimum absolute atomic E-state index is 0.128. The van der Waals surface area contributed by atoms with Crippen LogP contribution in [0.15, 0.2) is 59.0 Å². The summed E-state index contributed by atoms with van der Waals surface area (Å²) in [5.41, 5.74) is 1.89. The molecule has 23 heavy (non-hydrogen) atoms. The lowest BCUT2D eigenvalue weighted by molar-refractivity contribution is 0.0901. The van der Waals surface area contributed by atoms with Crippen LogP contribution in [-0.2, 0) is 0 Å². The molecular weight excluding hydrogens is 290 g/mol. The number of carbonyl (C=O) groups excluding carboxylic acids is 1. The number of nitrogens with one attached hydrogen (secondary N) is 1.